The van der Waals surface area contributed by atoms with Crippen molar-refractivity contribution in [1.82, 2.24) is 0 Å². The fourth-order valence-corrected chi connectivity index (χ4v) is 2.43. The van der Waals surface area contributed by atoms with Gasteiger partial charge in [0, 0.05) is 17.5 Å². The predicted octanol–water partition coefficient (Wildman–Crippen LogP) is 3.39. The normalized spacial score (nSPS) is 10.6. The van der Waals surface area contributed by atoms with E-state index in [9.17, 15) is 14.9 Å². The van der Waals surface area contributed by atoms with E-state index < -0.39 is 10.5 Å². The zero-order chi connectivity index (χ0) is 17.3. The third-order valence-electron chi connectivity index (χ3n) is 3.62. The van der Waals surface area contributed by atoms with E-state index in [0.717, 1.165) is 0 Å². The molecule has 0 unspecified atom stereocenters. The van der Waals surface area contributed by atoms with Crippen molar-refractivity contribution in [2.24, 2.45) is 0 Å². The molecule has 0 fully saturated rings. The second kappa shape index (κ2) is 6.04. The van der Waals surface area contributed by atoms with Gasteiger partial charge >= 0.3 is 5.63 Å². The first-order valence-electron chi connectivity index (χ1n) is 6.98. The molecule has 0 saturated carbocycles. The van der Waals surface area contributed by atoms with E-state index in [2.05, 4.69) is 0 Å². The van der Waals surface area contributed by atoms with Crippen LogP contribution in [0.2, 0.25) is 0 Å². The molecule has 0 spiro atoms. The minimum absolute atomic E-state index is 0.0744. The van der Waals surface area contributed by atoms with E-state index in [1.165, 1.54) is 32.4 Å². The lowest BCUT2D eigenvalue weighted by Crippen LogP contribution is -2.03. The molecule has 2 aromatic carbocycles. The Kier molecular flexibility index (Phi) is 3.91. The van der Waals surface area contributed by atoms with Gasteiger partial charge in [-0.25, -0.2) is 4.79 Å². The number of hydrogen-bond acceptors (Lipinski definition) is 6. The Labute approximate surface area is 136 Å². The van der Waals surface area contributed by atoms with Crippen LogP contribution >= 0.6 is 0 Å². The van der Waals surface area contributed by atoms with Crippen LogP contribution in [0.3, 0.4) is 0 Å². The fourth-order valence-electron chi connectivity index (χ4n) is 2.43. The lowest BCUT2D eigenvalue weighted by atomic mass is 10.1. The van der Waals surface area contributed by atoms with Crippen LogP contribution in [0.5, 0.6) is 11.5 Å². The zero-order valence-electron chi connectivity index (χ0n) is 12.9. The third-order valence-corrected chi connectivity index (χ3v) is 3.62. The highest BCUT2D eigenvalue weighted by Gasteiger charge is 2.13. The van der Waals surface area contributed by atoms with Gasteiger partial charge in [-0.3, -0.25) is 10.1 Å². The number of ether oxygens (including phenoxy) is 2. The smallest absolute Gasteiger partial charge is 0.344 e. The zero-order valence-corrected chi connectivity index (χ0v) is 12.9. The van der Waals surface area contributed by atoms with Crippen LogP contribution in [0.1, 0.15) is 0 Å². The number of nitro groups is 1. The minimum Gasteiger partial charge on any atom is -0.493 e. The maximum absolute atomic E-state index is 12.2. The number of hydrogen-bond donors (Lipinski definition) is 0. The largest absolute Gasteiger partial charge is 0.493 e. The van der Waals surface area contributed by atoms with Gasteiger partial charge in [0.05, 0.1) is 24.7 Å². The van der Waals surface area contributed by atoms with E-state index in [1.54, 1.807) is 24.3 Å². The fraction of sp³-hybridized carbons (Fsp3) is 0.118. The topological polar surface area (TPSA) is 91.8 Å². The third kappa shape index (κ3) is 2.67. The summed E-state index contributed by atoms with van der Waals surface area (Å²) in [5.74, 6) is 0.996. The van der Waals surface area contributed by atoms with Crippen LogP contribution in [-0.4, -0.2) is 19.1 Å². The summed E-state index contributed by atoms with van der Waals surface area (Å²) in [5.41, 5.74) is 0.520. The molecular weight excluding hydrogens is 314 g/mol. The predicted molar refractivity (Wildman–Crippen MR) is 87.7 cm³/mol. The van der Waals surface area contributed by atoms with Crippen LogP contribution in [0.4, 0.5) is 5.69 Å². The Balaban J connectivity index is 2.20. The van der Waals surface area contributed by atoms with Crippen molar-refractivity contribution < 1.29 is 18.8 Å². The van der Waals surface area contributed by atoms with Crippen molar-refractivity contribution in [1.29, 1.82) is 0 Å². The Bertz CT molecular complexity index is 992. The molecule has 0 aliphatic rings. The standard InChI is InChI=1S/C17H13NO6/c1-22-15-5-3-10(9-16(15)23-2)13-8-11-7-12(18(20)21)4-6-14(11)24-17(13)19/h3-9H,1-2H3. The van der Waals surface area contributed by atoms with Gasteiger partial charge in [0.2, 0.25) is 0 Å². The van der Waals surface area contributed by atoms with Crippen molar-refractivity contribution in [3.63, 3.8) is 0 Å². The van der Waals surface area contributed by atoms with E-state index >= 15 is 0 Å². The molecule has 0 aliphatic heterocycles. The van der Waals surface area contributed by atoms with Gasteiger partial charge in [-0.05, 0) is 29.8 Å². The highest BCUT2D eigenvalue weighted by molar-refractivity contribution is 5.84. The molecule has 7 nitrogen and oxygen atoms in total. The molecule has 0 aliphatic carbocycles. The van der Waals surface area contributed by atoms with Gasteiger partial charge < -0.3 is 13.9 Å². The Hall–Kier alpha value is -3.35. The molecule has 1 aromatic heterocycles. The molecule has 7 heteroatoms. The van der Waals surface area contributed by atoms with Gasteiger partial charge in [-0.2, -0.15) is 0 Å². The van der Waals surface area contributed by atoms with Gasteiger partial charge in [0.1, 0.15) is 5.58 Å². The first-order chi connectivity index (χ1) is 11.5. The summed E-state index contributed by atoms with van der Waals surface area (Å²) >= 11 is 0. The molecular formula is C17H13NO6. The molecule has 24 heavy (non-hydrogen) atoms. The SMILES string of the molecule is COc1ccc(-c2cc3cc([N+](=O)[O-])ccc3oc2=O)cc1OC. The van der Waals surface area contributed by atoms with E-state index in [-0.39, 0.29) is 16.8 Å². The molecule has 0 amide bonds. The average molecular weight is 327 g/mol. The van der Waals surface area contributed by atoms with Gasteiger partial charge in [0.25, 0.3) is 5.69 Å². The van der Waals surface area contributed by atoms with Crippen molar-refractivity contribution in [2.75, 3.05) is 14.2 Å². The molecule has 122 valence electrons. The number of nitrogens with zero attached hydrogens (tertiary/aromatic N) is 1. The van der Waals surface area contributed by atoms with Crippen LogP contribution in [-0.2, 0) is 0 Å². The molecule has 0 bridgehead atoms. The molecule has 1 heterocycles. The van der Waals surface area contributed by atoms with E-state index in [4.69, 9.17) is 13.9 Å². The average Bonchev–Trinajstić information content (AvgIpc) is 2.60. The summed E-state index contributed by atoms with van der Waals surface area (Å²) < 4.78 is 15.7. The van der Waals surface area contributed by atoms with Crippen molar-refractivity contribution in [3.05, 3.63) is 63.0 Å². The van der Waals surface area contributed by atoms with Crippen molar-refractivity contribution >= 4 is 16.7 Å². The molecule has 3 rings (SSSR count). The lowest BCUT2D eigenvalue weighted by molar-refractivity contribution is -0.384. The molecule has 0 saturated heterocycles. The maximum Gasteiger partial charge on any atom is 0.344 e. The number of non-ortho nitro benzene ring substituents is 1. The van der Waals surface area contributed by atoms with E-state index in [1.807, 2.05) is 0 Å². The van der Waals surface area contributed by atoms with Gasteiger partial charge in [0.15, 0.2) is 11.5 Å². The van der Waals surface area contributed by atoms with Crippen LogP contribution in [0.15, 0.2) is 51.7 Å². The summed E-state index contributed by atoms with van der Waals surface area (Å²) in [4.78, 5) is 22.6. The van der Waals surface area contributed by atoms with Crippen molar-refractivity contribution in [2.45, 2.75) is 0 Å². The number of methoxy groups -OCH3 is 2. The quantitative estimate of drug-likeness (QED) is 0.414. The summed E-state index contributed by atoms with van der Waals surface area (Å²) in [5, 5.41) is 11.4. The Morgan fingerprint density at radius 1 is 1.00 bits per heavy atom. The molecule has 3 aromatic rings. The van der Waals surface area contributed by atoms with Gasteiger partial charge in [-0.1, -0.05) is 6.07 Å². The first kappa shape index (κ1) is 15.5. The number of rotatable bonds is 4. The molecule has 0 N–H and O–H groups in total. The lowest BCUT2D eigenvalue weighted by Gasteiger charge is -2.09. The summed E-state index contributed by atoms with van der Waals surface area (Å²) in [6, 6.07) is 10.6. The molecule has 0 atom stereocenters. The number of nitro benzene ring substituents is 1. The van der Waals surface area contributed by atoms with Crippen LogP contribution in [0, 0.1) is 10.1 Å². The minimum atomic E-state index is -0.538. The summed E-state index contributed by atoms with van der Waals surface area (Å²) in [6.45, 7) is 0. The van der Waals surface area contributed by atoms with E-state index in [0.29, 0.717) is 22.4 Å². The van der Waals surface area contributed by atoms with Gasteiger partial charge in [-0.15, -0.1) is 0 Å². The highest BCUT2D eigenvalue weighted by Crippen LogP contribution is 2.32. The second-order valence-corrected chi connectivity index (χ2v) is 5.00. The van der Waals surface area contributed by atoms with Crippen LogP contribution in [0.25, 0.3) is 22.1 Å². The second-order valence-electron chi connectivity index (χ2n) is 5.00. The Morgan fingerprint density at radius 2 is 1.75 bits per heavy atom. The number of benzene rings is 2. The summed E-state index contributed by atoms with van der Waals surface area (Å²) in [7, 11) is 3.01. The first-order valence-corrected chi connectivity index (χ1v) is 6.98. The number of fused-ring (bicyclic) bond motifs is 1. The van der Waals surface area contributed by atoms with Crippen molar-refractivity contribution in [3.8, 4) is 22.6 Å². The highest BCUT2D eigenvalue weighted by atomic mass is 16.6. The monoisotopic (exact) mass is 327 g/mol. The summed E-state index contributed by atoms with van der Waals surface area (Å²) in [6.07, 6.45) is 0. The Morgan fingerprint density at radius 3 is 2.42 bits per heavy atom. The molecule has 0 radical (unpaired) electrons. The maximum atomic E-state index is 12.2. The van der Waals surface area contributed by atoms with Crippen LogP contribution < -0.4 is 15.1 Å².